The van der Waals surface area contributed by atoms with E-state index in [4.69, 9.17) is 11.5 Å². The molecule has 3 aromatic rings. The van der Waals surface area contributed by atoms with Crippen molar-refractivity contribution in [2.75, 3.05) is 16.4 Å². The quantitative estimate of drug-likeness (QED) is 0.512. The first-order valence-corrected chi connectivity index (χ1v) is 7.88. The van der Waals surface area contributed by atoms with Gasteiger partial charge in [0.1, 0.15) is 0 Å². The zero-order chi connectivity index (χ0) is 16.9. The fourth-order valence-corrected chi connectivity index (χ4v) is 2.68. The van der Waals surface area contributed by atoms with Gasteiger partial charge < -0.3 is 16.4 Å². The number of hydrogen-bond acceptors (Lipinski definition) is 3. The van der Waals surface area contributed by atoms with Gasteiger partial charge >= 0.3 is 0 Å². The van der Waals surface area contributed by atoms with Crippen LogP contribution in [0.4, 0.5) is 28.4 Å². The Balaban J connectivity index is 2.10. The molecule has 24 heavy (non-hydrogen) atoms. The Morgan fingerprint density at radius 3 is 1.79 bits per heavy atom. The molecule has 0 saturated carbocycles. The summed E-state index contributed by atoms with van der Waals surface area (Å²) in [4.78, 5) is 2.19. The second-order valence-corrected chi connectivity index (χ2v) is 5.68. The molecule has 0 spiro atoms. The maximum atomic E-state index is 5.84. The van der Waals surface area contributed by atoms with Crippen LogP contribution in [0.3, 0.4) is 0 Å². The predicted molar refractivity (Wildman–Crippen MR) is 104 cm³/mol. The van der Waals surface area contributed by atoms with Crippen LogP contribution in [0.15, 0.2) is 85.5 Å². The van der Waals surface area contributed by atoms with Crippen molar-refractivity contribution in [2.45, 2.75) is 6.42 Å². The molecule has 0 amide bonds. The van der Waals surface area contributed by atoms with Gasteiger partial charge in [-0.3, -0.25) is 0 Å². The highest BCUT2D eigenvalue weighted by Crippen LogP contribution is 2.35. The molecule has 3 nitrogen and oxygen atoms in total. The Morgan fingerprint density at radius 1 is 0.750 bits per heavy atom. The lowest BCUT2D eigenvalue weighted by Crippen LogP contribution is -2.10. The van der Waals surface area contributed by atoms with E-state index in [1.54, 1.807) is 0 Å². The van der Waals surface area contributed by atoms with Crippen molar-refractivity contribution in [1.82, 2.24) is 0 Å². The molecule has 0 aliphatic rings. The van der Waals surface area contributed by atoms with E-state index < -0.39 is 0 Å². The third-order valence-electron chi connectivity index (χ3n) is 3.85. The number of hydrogen-bond donors (Lipinski definition) is 2. The van der Waals surface area contributed by atoms with Crippen molar-refractivity contribution >= 4 is 28.4 Å². The molecule has 0 aliphatic carbocycles. The van der Waals surface area contributed by atoms with E-state index in [1.165, 1.54) is 5.56 Å². The van der Waals surface area contributed by atoms with Gasteiger partial charge in [0.15, 0.2) is 0 Å². The van der Waals surface area contributed by atoms with Gasteiger partial charge in [-0.25, -0.2) is 0 Å². The Labute approximate surface area is 142 Å². The average Bonchev–Trinajstić information content (AvgIpc) is 2.59. The van der Waals surface area contributed by atoms with Crippen LogP contribution in [0.2, 0.25) is 0 Å². The molecule has 0 aliphatic heterocycles. The molecule has 0 unspecified atom stereocenters. The van der Waals surface area contributed by atoms with Crippen LogP contribution in [0.5, 0.6) is 0 Å². The molecule has 3 heteroatoms. The van der Waals surface area contributed by atoms with Crippen LogP contribution in [0.1, 0.15) is 5.56 Å². The minimum atomic E-state index is 0.747. The molecular formula is C21H21N3. The summed E-state index contributed by atoms with van der Waals surface area (Å²) in [6.45, 7) is 3.82. The Hall–Kier alpha value is -3.20. The number of benzene rings is 3. The summed E-state index contributed by atoms with van der Waals surface area (Å²) < 4.78 is 0. The van der Waals surface area contributed by atoms with Gasteiger partial charge in [0.05, 0.1) is 0 Å². The zero-order valence-electron chi connectivity index (χ0n) is 13.5. The fourth-order valence-electron chi connectivity index (χ4n) is 2.68. The lowest BCUT2D eigenvalue weighted by molar-refractivity contribution is 1.23. The number of allylic oxidation sites excluding steroid dienone is 1. The van der Waals surface area contributed by atoms with Gasteiger partial charge in [-0.05, 0) is 72.6 Å². The first-order chi connectivity index (χ1) is 11.7. The van der Waals surface area contributed by atoms with E-state index in [0.29, 0.717) is 0 Å². The van der Waals surface area contributed by atoms with Gasteiger partial charge in [-0.2, -0.15) is 0 Å². The average molecular weight is 315 g/mol. The summed E-state index contributed by atoms with van der Waals surface area (Å²) in [5.74, 6) is 0. The molecule has 0 aromatic heterocycles. The highest BCUT2D eigenvalue weighted by atomic mass is 15.1. The highest BCUT2D eigenvalue weighted by Gasteiger charge is 2.12. The standard InChI is InChI=1S/C21H21N3/c1-2-4-16-5-3-6-21(15-16)24(19-11-7-17(22)8-12-19)20-13-9-18(23)10-14-20/h2-3,5-15H,1,4,22-23H2. The molecule has 3 rings (SSSR count). The Bertz CT molecular complexity index is 775. The maximum absolute atomic E-state index is 5.84. The minimum absolute atomic E-state index is 0.747. The van der Waals surface area contributed by atoms with Gasteiger partial charge in [0.25, 0.3) is 0 Å². The number of rotatable bonds is 5. The minimum Gasteiger partial charge on any atom is -0.399 e. The molecular weight excluding hydrogens is 294 g/mol. The first-order valence-electron chi connectivity index (χ1n) is 7.88. The summed E-state index contributed by atoms with van der Waals surface area (Å²) in [6, 6.07) is 24.2. The molecule has 120 valence electrons. The van der Waals surface area contributed by atoms with Crippen LogP contribution in [-0.2, 0) is 6.42 Å². The summed E-state index contributed by atoms with van der Waals surface area (Å²) >= 11 is 0. The highest BCUT2D eigenvalue weighted by molar-refractivity contribution is 5.78. The van der Waals surface area contributed by atoms with Gasteiger partial charge in [-0.1, -0.05) is 18.2 Å². The first kappa shape index (κ1) is 15.7. The Morgan fingerprint density at radius 2 is 1.29 bits per heavy atom. The second-order valence-electron chi connectivity index (χ2n) is 5.68. The van der Waals surface area contributed by atoms with E-state index in [9.17, 15) is 0 Å². The van der Waals surface area contributed by atoms with Gasteiger partial charge in [0.2, 0.25) is 0 Å². The molecule has 3 aromatic carbocycles. The normalized spacial score (nSPS) is 10.3. The SMILES string of the molecule is C=CCc1cccc(N(c2ccc(N)cc2)c2ccc(N)cc2)c1. The van der Waals surface area contributed by atoms with E-state index in [2.05, 4.69) is 35.7 Å². The summed E-state index contributed by atoms with van der Waals surface area (Å²) in [5, 5.41) is 0. The lowest BCUT2D eigenvalue weighted by atomic mass is 10.1. The number of nitrogens with zero attached hydrogens (tertiary/aromatic N) is 1. The summed E-state index contributed by atoms with van der Waals surface area (Å²) in [7, 11) is 0. The summed E-state index contributed by atoms with van der Waals surface area (Å²) in [6.07, 6.45) is 2.75. The molecule has 0 bridgehead atoms. The largest absolute Gasteiger partial charge is 0.399 e. The third kappa shape index (κ3) is 3.41. The molecule has 0 heterocycles. The number of nitrogens with two attached hydrogens (primary N) is 2. The lowest BCUT2D eigenvalue weighted by Gasteiger charge is -2.26. The van der Waals surface area contributed by atoms with Crippen LogP contribution in [0.25, 0.3) is 0 Å². The van der Waals surface area contributed by atoms with Crippen molar-refractivity contribution < 1.29 is 0 Å². The predicted octanol–water partition coefficient (Wildman–Crippen LogP) is 5.05. The van der Waals surface area contributed by atoms with Crippen LogP contribution in [-0.4, -0.2) is 0 Å². The van der Waals surface area contributed by atoms with Gasteiger partial charge in [-0.15, -0.1) is 6.58 Å². The van der Waals surface area contributed by atoms with Crippen molar-refractivity contribution in [2.24, 2.45) is 0 Å². The van der Waals surface area contributed by atoms with Crippen molar-refractivity contribution in [1.29, 1.82) is 0 Å². The van der Waals surface area contributed by atoms with Crippen molar-refractivity contribution in [3.63, 3.8) is 0 Å². The molecule has 0 fully saturated rings. The van der Waals surface area contributed by atoms with Crippen LogP contribution < -0.4 is 16.4 Å². The van der Waals surface area contributed by atoms with Crippen LogP contribution in [0, 0.1) is 0 Å². The van der Waals surface area contributed by atoms with E-state index >= 15 is 0 Å². The molecule has 0 radical (unpaired) electrons. The molecule has 0 atom stereocenters. The van der Waals surface area contributed by atoms with E-state index in [1.807, 2.05) is 54.6 Å². The molecule has 4 N–H and O–H groups in total. The van der Waals surface area contributed by atoms with Crippen LogP contribution >= 0.6 is 0 Å². The maximum Gasteiger partial charge on any atom is 0.0464 e. The Kier molecular flexibility index (Phi) is 4.52. The monoisotopic (exact) mass is 315 g/mol. The van der Waals surface area contributed by atoms with E-state index in [-0.39, 0.29) is 0 Å². The number of anilines is 5. The molecule has 0 saturated heterocycles. The fraction of sp³-hybridized carbons (Fsp3) is 0.0476. The zero-order valence-corrected chi connectivity index (χ0v) is 13.5. The smallest absolute Gasteiger partial charge is 0.0464 e. The summed E-state index contributed by atoms with van der Waals surface area (Å²) in [5.41, 5.74) is 17.6. The van der Waals surface area contributed by atoms with Crippen molar-refractivity contribution in [3.05, 3.63) is 91.0 Å². The van der Waals surface area contributed by atoms with E-state index in [0.717, 1.165) is 34.9 Å². The number of nitrogen functional groups attached to an aromatic ring is 2. The van der Waals surface area contributed by atoms with Crippen molar-refractivity contribution in [3.8, 4) is 0 Å². The topological polar surface area (TPSA) is 55.3 Å². The second kappa shape index (κ2) is 6.92. The van der Waals surface area contributed by atoms with Gasteiger partial charge in [0, 0.05) is 28.4 Å². The third-order valence-corrected chi connectivity index (χ3v) is 3.85.